The van der Waals surface area contributed by atoms with Crippen molar-refractivity contribution < 1.29 is 19.7 Å². The molecule has 0 heterocycles. The summed E-state index contributed by atoms with van der Waals surface area (Å²) in [6, 6.07) is 6.92. The quantitative estimate of drug-likeness (QED) is 0.751. The van der Waals surface area contributed by atoms with Gasteiger partial charge in [0.05, 0.1) is 23.4 Å². The van der Waals surface area contributed by atoms with E-state index >= 15 is 0 Å². The minimum Gasteiger partial charge on any atom is -0.507 e. The van der Waals surface area contributed by atoms with Crippen LogP contribution in [-0.2, 0) is 0 Å². The maximum Gasteiger partial charge on any atom is 0.259 e. The predicted octanol–water partition coefficient (Wildman–Crippen LogP) is 3.67. The molecule has 5 nitrogen and oxygen atoms in total. The van der Waals surface area contributed by atoms with Crippen LogP contribution in [0.2, 0.25) is 10.0 Å². The van der Waals surface area contributed by atoms with Crippen molar-refractivity contribution in [2.45, 2.75) is 0 Å². The van der Waals surface area contributed by atoms with Crippen LogP contribution in [0.5, 0.6) is 17.2 Å². The third-order valence-electron chi connectivity index (χ3n) is 2.73. The second-order valence-electron chi connectivity index (χ2n) is 4.12. The zero-order chi connectivity index (χ0) is 15.6. The molecule has 0 fully saturated rings. The molecular formula is C14H11Cl2NO4. The topological polar surface area (TPSA) is 78.8 Å². The van der Waals surface area contributed by atoms with E-state index in [9.17, 15) is 15.0 Å². The molecule has 1 amide bonds. The zero-order valence-corrected chi connectivity index (χ0v) is 12.4. The molecule has 0 radical (unpaired) electrons. The molecule has 0 spiro atoms. The molecule has 2 aromatic rings. The largest absolute Gasteiger partial charge is 0.507 e. The van der Waals surface area contributed by atoms with Crippen LogP contribution >= 0.6 is 23.2 Å². The molecule has 0 aliphatic carbocycles. The Hall–Kier alpha value is -2.11. The Labute approximate surface area is 130 Å². The number of halogens is 2. The van der Waals surface area contributed by atoms with Gasteiger partial charge in [-0.1, -0.05) is 23.2 Å². The number of carbonyl (C=O) groups is 1. The first-order chi connectivity index (χ1) is 9.92. The van der Waals surface area contributed by atoms with Crippen molar-refractivity contribution in [3.63, 3.8) is 0 Å². The smallest absolute Gasteiger partial charge is 0.259 e. The summed E-state index contributed by atoms with van der Waals surface area (Å²) in [6.07, 6.45) is 0. The van der Waals surface area contributed by atoms with Crippen molar-refractivity contribution in [3.8, 4) is 17.2 Å². The third kappa shape index (κ3) is 3.32. The molecule has 21 heavy (non-hydrogen) atoms. The SMILES string of the molecule is COc1ccc(C(=O)Nc2cc(Cl)cc(Cl)c2O)c(O)c1. The van der Waals surface area contributed by atoms with Gasteiger partial charge < -0.3 is 20.3 Å². The van der Waals surface area contributed by atoms with Gasteiger partial charge in [0.1, 0.15) is 11.5 Å². The second kappa shape index (κ2) is 6.11. The van der Waals surface area contributed by atoms with Crippen molar-refractivity contribution in [2.24, 2.45) is 0 Å². The van der Waals surface area contributed by atoms with Gasteiger partial charge in [0, 0.05) is 11.1 Å². The number of benzene rings is 2. The van der Waals surface area contributed by atoms with Crippen LogP contribution in [0.25, 0.3) is 0 Å². The summed E-state index contributed by atoms with van der Waals surface area (Å²) in [4.78, 5) is 12.1. The van der Waals surface area contributed by atoms with E-state index in [2.05, 4.69) is 5.32 Å². The normalized spacial score (nSPS) is 10.2. The lowest BCUT2D eigenvalue weighted by Gasteiger charge is -2.10. The maximum absolute atomic E-state index is 12.1. The van der Waals surface area contributed by atoms with Gasteiger partial charge in [-0.25, -0.2) is 0 Å². The number of amides is 1. The van der Waals surface area contributed by atoms with Gasteiger partial charge in [-0.2, -0.15) is 0 Å². The molecule has 0 aliphatic rings. The standard InChI is InChI=1S/C14H11Cl2NO4/c1-21-8-2-3-9(12(18)6-8)14(20)17-11-5-7(15)4-10(16)13(11)19/h2-6,18-19H,1H3,(H,17,20). The lowest BCUT2D eigenvalue weighted by atomic mass is 10.1. The van der Waals surface area contributed by atoms with Crippen LogP contribution in [0.15, 0.2) is 30.3 Å². The van der Waals surface area contributed by atoms with E-state index in [0.717, 1.165) is 0 Å². The first kappa shape index (κ1) is 15.3. The first-order valence-electron chi connectivity index (χ1n) is 5.78. The first-order valence-corrected chi connectivity index (χ1v) is 6.54. The highest BCUT2D eigenvalue weighted by Crippen LogP contribution is 2.35. The number of hydrogen-bond acceptors (Lipinski definition) is 4. The monoisotopic (exact) mass is 327 g/mol. The summed E-state index contributed by atoms with van der Waals surface area (Å²) in [6.45, 7) is 0. The van der Waals surface area contributed by atoms with Gasteiger partial charge in [0.15, 0.2) is 5.75 Å². The number of ether oxygens (including phenoxy) is 1. The van der Waals surface area contributed by atoms with E-state index in [1.165, 1.54) is 37.4 Å². The molecule has 0 saturated heterocycles. The Morgan fingerprint density at radius 1 is 1.19 bits per heavy atom. The van der Waals surface area contributed by atoms with Gasteiger partial charge in [-0.05, 0) is 24.3 Å². The Balaban J connectivity index is 2.30. The number of methoxy groups -OCH3 is 1. The summed E-state index contributed by atoms with van der Waals surface area (Å²) in [5.41, 5.74) is 0.0685. The van der Waals surface area contributed by atoms with Crippen LogP contribution in [-0.4, -0.2) is 23.2 Å². The predicted molar refractivity (Wildman–Crippen MR) is 80.7 cm³/mol. The molecule has 0 aromatic heterocycles. The van der Waals surface area contributed by atoms with Gasteiger partial charge in [0.2, 0.25) is 0 Å². The summed E-state index contributed by atoms with van der Waals surface area (Å²) in [7, 11) is 1.44. The van der Waals surface area contributed by atoms with Crippen LogP contribution in [0.3, 0.4) is 0 Å². The van der Waals surface area contributed by atoms with Gasteiger partial charge in [0.25, 0.3) is 5.91 Å². The molecule has 110 valence electrons. The van der Waals surface area contributed by atoms with Crippen molar-refractivity contribution in [1.29, 1.82) is 0 Å². The molecule has 2 rings (SSSR count). The number of nitrogens with one attached hydrogen (secondary N) is 1. The van der Waals surface area contributed by atoms with Crippen LogP contribution in [0.4, 0.5) is 5.69 Å². The van der Waals surface area contributed by atoms with Crippen molar-refractivity contribution in [3.05, 3.63) is 45.9 Å². The lowest BCUT2D eigenvalue weighted by molar-refractivity contribution is 0.102. The third-order valence-corrected chi connectivity index (χ3v) is 3.23. The van der Waals surface area contributed by atoms with Gasteiger partial charge in [-0.3, -0.25) is 4.79 Å². The van der Waals surface area contributed by atoms with Crippen LogP contribution in [0, 0.1) is 0 Å². The highest BCUT2D eigenvalue weighted by atomic mass is 35.5. The van der Waals surface area contributed by atoms with E-state index in [1.807, 2.05) is 0 Å². The average Bonchev–Trinajstić information content (AvgIpc) is 2.43. The summed E-state index contributed by atoms with van der Waals surface area (Å²) >= 11 is 11.6. The fourth-order valence-electron chi connectivity index (χ4n) is 1.68. The van der Waals surface area contributed by atoms with Gasteiger partial charge >= 0.3 is 0 Å². The number of rotatable bonds is 3. The number of carbonyl (C=O) groups excluding carboxylic acids is 1. The number of aromatic hydroxyl groups is 2. The number of phenolic OH excluding ortho intramolecular Hbond substituents is 2. The number of hydrogen-bond donors (Lipinski definition) is 3. The molecule has 0 unspecified atom stereocenters. The highest BCUT2D eigenvalue weighted by Gasteiger charge is 2.15. The fraction of sp³-hybridized carbons (Fsp3) is 0.0714. The molecule has 2 aromatic carbocycles. The molecule has 7 heteroatoms. The Bertz CT molecular complexity index is 704. The Kier molecular flexibility index (Phi) is 4.45. The zero-order valence-electron chi connectivity index (χ0n) is 10.9. The maximum atomic E-state index is 12.1. The minimum absolute atomic E-state index is 0.0109. The van der Waals surface area contributed by atoms with E-state index < -0.39 is 5.91 Å². The average molecular weight is 328 g/mol. The van der Waals surface area contributed by atoms with E-state index in [1.54, 1.807) is 0 Å². The summed E-state index contributed by atoms with van der Waals surface area (Å²) < 4.78 is 4.93. The highest BCUT2D eigenvalue weighted by molar-refractivity contribution is 6.36. The molecular weight excluding hydrogens is 317 g/mol. The van der Waals surface area contributed by atoms with Gasteiger partial charge in [-0.15, -0.1) is 0 Å². The van der Waals surface area contributed by atoms with Crippen molar-refractivity contribution >= 4 is 34.8 Å². The Morgan fingerprint density at radius 2 is 1.90 bits per heavy atom. The summed E-state index contributed by atoms with van der Waals surface area (Å²) in [5.74, 6) is -0.761. The molecule has 0 saturated carbocycles. The fourth-order valence-corrected chi connectivity index (χ4v) is 2.17. The van der Waals surface area contributed by atoms with Crippen molar-refractivity contribution in [1.82, 2.24) is 0 Å². The molecule has 0 atom stereocenters. The molecule has 0 bridgehead atoms. The van der Waals surface area contributed by atoms with Crippen LogP contribution in [0.1, 0.15) is 10.4 Å². The minimum atomic E-state index is -0.621. The number of phenols is 2. The van der Waals surface area contributed by atoms with Crippen molar-refractivity contribution in [2.75, 3.05) is 12.4 Å². The van der Waals surface area contributed by atoms with Crippen LogP contribution < -0.4 is 10.1 Å². The molecule has 3 N–H and O–H groups in total. The Morgan fingerprint density at radius 3 is 2.52 bits per heavy atom. The second-order valence-corrected chi connectivity index (χ2v) is 4.96. The summed E-state index contributed by atoms with van der Waals surface area (Å²) in [5, 5.41) is 22.3. The molecule has 0 aliphatic heterocycles. The van der Waals surface area contributed by atoms with E-state index in [-0.39, 0.29) is 32.8 Å². The lowest BCUT2D eigenvalue weighted by Crippen LogP contribution is -2.12. The number of anilines is 1. The van der Waals surface area contributed by atoms with E-state index in [0.29, 0.717) is 5.75 Å². The van der Waals surface area contributed by atoms with E-state index in [4.69, 9.17) is 27.9 Å².